The summed E-state index contributed by atoms with van der Waals surface area (Å²) in [5.41, 5.74) is 1.33. The molecule has 1 amide bonds. The van der Waals surface area contributed by atoms with Gasteiger partial charge in [0.15, 0.2) is 0 Å². The van der Waals surface area contributed by atoms with Crippen molar-refractivity contribution in [1.29, 1.82) is 0 Å². The van der Waals surface area contributed by atoms with Crippen LogP contribution in [0, 0.1) is 0 Å². The number of carbonyl (C=O) groups is 3. The molecule has 1 aromatic carbocycles. The first-order chi connectivity index (χ1) is 12.8. The zero-order valence-corrected chi connectivity index (χ0v) is 17.1. The maximum Gasteiger partial charge on any atom is 0.340 e. The number of hydrogen-bond donors (Lipinski definition) is 1. The summed E-state index contributed by atoms with van der Waals surface area (Å²) in [5.74, 6) is -0.776. The van der Waals surface area contributed by atoms with Crippen molar-refractivity contribution in [3.05, 3.63) is 27.9 Å². The number of amides is 1. The highest BCUT2D eigenvalue weighted by atomic mass is 79.9. The zero-order chi connectivity index (χ0) is 20.1. The number of ether oxygens (including phenoxy) is 3. The summed E-state index contributed by atoms with van der Waals surface area (Å²) in [7, 11) is 2.80. The summed E-state index contributed by atoms with van der Waals surface area (Å²) in [6, 6.07) is 3.44. The fourth-order valence-corrected chi connectivity index (χ4v) is 3.25. The van der Waals surface area contributed by atoms with E-state index in [0.29, 0.717) is 26.8 Å². The standard InChI is InChI=1S/C18H21BrN2O6/c1-5-27-18(24)17-11-6-15(25-3)12(19)7-13(11)21(9-16(23)26-4)14(17)8-20-10(2)22/h6-7H,5,8-9H2,1-4H3,(H,20,22). The highest BCUT2D eigenvalue weighted by Crippen LogP contribution is 2.35. The molecule has 0 aliphatic carbocycles. The molecule has 1 heterocycles. The smallest absolute Gasteiger partial charge is 0.340 e. The molecule has 2 aromatic rings. The van der Waals surface area contributed by atoms with E-state index in [9.17, 15) is 14.4 Å². The third kappa shape index (κ3) is 4.41. The van der Waals surface area contributed by atoms with Crippen LogP contribution in [-0.4, -0.2) is 43.2 Å². The second-order valence-corrected chi connectivity index (χ2v) is 6.47. The normalized spacial score (nSPS) is 10.6. The van der Waals surface area contributed by atoms with Gasteiger partial charge in [-0.25, -0.2) is 4.79 Å². The number of rotatable bonds is 7. The van der Waals surface area contributed by atoms with Crippen LogP contribution in [0.15, 0.2) is 16.6 Å². The Kier molecular flexibility index (Phi) is 6.84. The van der Waals surface area contributed by atoms with Gasteiger partial charge in [-0.05, 0) is 35.0 Å². The van der Waals surface area contributed by atoms with Crippen molar-refractivity contribution in [2.45, 2.75) is 26.9 Å². The average molecular weight is 441 g/mol. The molecule has 0 aliphatic rings. The van der Waals surface area contributed by atoms with Crippen molar-refractivity contribution in [3.63, 3.8) is 0 Å². The first-order valence-corrected chi connectivity index (χ1v) is 9.00. The van der Waals surface area contributed by atoms with Gasteiger partial charge in [0.25, 0.3) is 0 Å². The van der Waals surface area contributed by atoms with Crippen LogP contribution in [0.5, 0.6) is 5.75 Å². The molecule has 1 N–H and O–H groups in total. The van der Waals surface area contributed by atoms with Crippen LogP contribution >= 0.6 is 15.9 Å². The van der Waals surface area contributed by atoms with E-state index in [4.69, 9.17) is 14.2 Å². The molecule has 0 unspecified atom stereocenters. The largest absolute Gasteiger partial charge is 0.496 e. The molecule has 0 saturated heterocycles. The number of hydrogen-bond acceptors (Lipinski definition) is 6. The lowest BCUT2D eigenvalue weighted by molar-refractivity contribution is -0.141. The quantitative estimate of drug-likeness (QED) is 0.664. The van der Waals surface area contributed by atoms with E-state index < -0.39 is 11.9 Å². The van der Waals surface area contributed by atoms with E-state index >= 15 is 0 Å². The van der Waals surface area contributed by atoms with E-state index in [0.717, 1.165) is 0 Å². The molecule has 0 aliphatic heterocycles. The number of nitrogens with one attached hydrogen (secondary N) is 1. The summed E-state index contributed by atoms with van der Waals surface area (Å²) in [6.07, 6.45) is 0. The molecule has 0 radical (unpaired) electrons. The molecule has 2 rings (SSSR count). The van der Waals surface area contributed by atoms with Gasteiger partial charge in [-0.3, -0.25) is 9.59 Å². The van der Waals surface area contributed by atoms with Gasteiger partial charge in [-0.2, -0.15) is 0 Å². The summed E-state index contributed by atoms with van der Waals surface area (Å²) in [5, 5.41) is 3.23. The molecular weight excluding hydrogens is 420 g/mol. The van der Waals surface area contributed by atoms with Crippen LogP contribution in [0.1, 0.15) is 29.9 Å². The van der Waals surface area contributed by atoms with Crippen molar-refractivity contribution in [1.82, 2.24) is 9.88 Å². The summed E-state index contributed by atoms with van der Waals surface area (Å²) >= 11 is 3.42. The van der Waals surface area contributed by atoms with Gasteiger partial charge < -0.3 is 24.1 Å². The Bertz CT molecular complexity index is 890. The predicted octanol–water partition coefficient (Wildman–Crippen LogP) is 2.40. The Hall–Kier alpha value is -2.55. The molecular formula is C18H21BrN2O6. The van der Waals surface area contributed by atoms with E-state index in [-0.39, 0.29) is 31.2 Å². The number of carbonyl (C=O) groups excluding carboxylic acids is 3. The van der Waals surface area contributed by atoms with E-state index in [1.165, 1.54) is 21.1 Å². The van der Waals surface area contributed by atoms with Crippen LogP contribution < -0.4 is 10.1 Å². The molecule has 9 heteroatoms. The van der Waals surface area contributed by atoms with Crippen LogP contribution in [0.4, 0.5) is 0 Å². The maximum atomic E-state index is 12.7. The van der Waals surface area contributed by atoms with Gasteiger partial charge in [0.2, 0.25) is 5.91 Å². The fraction of sp³-hybridized carbons (Fsp3) is 0.389. The molecule has 27 heavy (non-hydrogen) atoms. The zero-order valence-electron chi connectivity index (χ0n) is 15.6. The monoisotopic (exact) mass is 440 g/mol. The molecule has 0 saturated carbocycles. The molecule has 8 nitrogen and oxygen atoms in total. The third-order valence-corrected chi connectivity index (χ3v) is 4.56. The second-order valence-electron chi connectivity index (χ2n) is 5.62. The van der Waals surface area contributed by atoms with Crippen molar-refractivity contribution in [2.75, 3.05) is 20.8 Å². The summed E-state index contributed by atoms with van der Waals surface area (Å²) < 4.78 is 17.6. The van der Waals surface area contributed by atoms with Crippen molar-refractivity contribution in [2.24, 2.45) is 0 Å². The summed E-state index contributed by atoms with van der Waals surface area (Å²) in [6.45, 7) is 3.19. The lowest BCUT2D eigenvalue weighted by Gasteiger charge is -2.11. The van der Waals surface area contributed by atoms with E-state index in [1.807, 2.05) is 0 Å². The Labute approximate surface area is 164 Å². The second kappa shape index (κ2) is 8.90. The summed E-state index contributed by atoms with van der Waals surface area (Å²) in [4.78, 5) is 36.0. The Morgan fingerprint density at radius 3 is 2.48 bits per heavy atom. The minimum absolute atomic E-state index is 0.0507. The van der Waals surface area contributed by atoms with Crippen molar-refractivity contribution in [3.8, 4) is 5.75 Å². The minimum Gasteiger partial charge on any atom is -0.496 e. The van der Waals surface area contributed by atoms with Crippen molar-refractivity contribution >= 4 is 44.7 Å². The molecule has 0 spiro atoms. The first kappa shape index (κ1) is 20.8. The number of benzene rings is 1. The Morgan fingerprint density at radius 1 is 1.22 bits per heavy atom. The molecule has 1 aromatic heterocycles. The lowest BCUT2D eigenvalue weighted by Crippen LogP contribution is -2.24. The number of aromatic nitrogens is 1. The van der Waals surface area contributed by atoms with E-state index in [1.54, 1.807) is 23.6 Å². The van der Waals surface area contributed by atoms with Crippen LogP contribution in [0.2, 0.25) is 0 Å². The number of esters is 2. The molecule has 0 atom stereocenters. The molecule has 0 fully saturated rings. The predicted molar refractivity (Wildman–Crippen MR) is 102 cm³/mol. The van der Waals surface area contributed by atoms with Gasteiger partial charge in [-0.15, -0.1) is 0 Å². The van der Waals surface area contributed by atoms with Crippen LogP contribution in [0.25, 0.3) is 10.9 Å². The fourth-order valence-electron chi connectivity index (χ4n) is 2.76. The topological polar surface area (TPSA) is 95.9 Å². The first-order valence-electron chi connectivity index (χ1n) is 8.20. The van der Waals surface area contributed by atoms with Gasteiger partial charge in [0.1, 0.15) is 12.3 Å². The van der Waals surface area contributed by atoms with Crippen LogP contribution in [-0.2, 0) is 32.2 Å². The molecule has 146 valence electrons. The highest BCUT2D eigenvalue weighted by molar-refractivity contribution is 9.10. The Morgan fingerprint density at radius 2 is 1.93 bits per heavy atom. The highest BCUT2D eigenvalue weighted by Gasteiger charge is 2.26. The number of nitrogens with zero attached hydrogens (tertiary/aromatic N) is 1. The van der Waals surface area contributed by atoms with Crippen LogP contribution in [0.3, 0.4) is 0 Å². The number of methoxy groups -OCH3 is 2. The van der Waals surface area contributed by atoms with Gasteiger partial charge in [-0.1, -0.05) is 0 Å². The number of fused-ring (bicyclic) bond motifs is 1. The molecule has 0 bridgehead atoms. The van der Waals surface area contributed by atoms with Gasteiger partial charge in [0.05, 0.1) is 48.6 Å². The average Bonchev–Trinajstić information content (AvgIpc) is 2.91. The Balaban J connectivity index is 2.80. The minimum atomic E-state index is -0.546. The maximum absolute atomic E-state index is 12.7. The van der Waals surface area contributed by atoms with Gasteiger partial charge in [0, 0.05) is 12.3 Å². The third-order valence-electron chi connectivity index (χ3n) is 3.94. The van der Waals surface area contributed by atoms with E-state index in [2.05, 4.69) is 21.2 Å². The lowest BCUT2D eigenvalue weighted by atomic mass is 10.1. The SMILES string of the molecule is CCOC(=O)c1c(CNC(C)=O)n(CC(=O)OC)c2cc(Br)c(OC)cc12. The number of halogens is 1. The van der Waals surface area contributed by atoms with Gasteiger partial charge >= 0.3 is 11.9 Å². The van der Waals surface area contributed by atoms with Crippen molar-refractivity contribution < 1.29 is 28.6 Å².